The van der Waals surface area contributed by atoms with Gasteiger partial charge in [-0.3, -0.25) is 4.79 Å². The van der Waals surface area contributed by atoms with Gasteiger partial charge in [0.1, 0.15) is 6.10 Å². The molecule has 1 aromatic carbocycles. The Bertz CT molecular complexity index is 1120. The minimum Gasteiger partial charge on any atom is -0.472 e. The van der Waals surface area contributed by atoms with Crippen LogP contribution in [0, 0.1) is 5.92 Å². The predicted molar refractivity (Wildman–Crippen MR) is 107 cm³/mol. The number of rotatable bonds is 4. The lowest BCUT2D eigenvalue weighted by Crippen LogP contribution is -2.51. The third-order valence-corrected chi connectivity index (χ3v) is 6.33. The number of benzene rings is 1. The molecule has 10 heteroatoms. The minimum absolute atomic E-state index is 0.0200. The van der Waals surface area contributed by atoms with E-state index in [9.17, 15) is 18.0 Å². The summed E-state index contributed by atoms with van der Waals surface area (Å²) in [6.45, 7) is 2.02. The van der Waals surface area contributed by atoms with E-state index in [4.69, 9.17) is 4.74 Å². The molecule has 1 saturated heterocycles. The number of alkyl halides is 3. The number of fused-ring (bicyclic) bond motifs is 2. The molecule has 3 aromatic rings. The first-order valence-corrected chi connectivity index (χ1v) is 10.3. The molecule has 0 unspecified atom stereocenters. The van der Waals surface area contributed by atoms with E-state index in [0.717, 1.165) is 25.1 Å². The Hall–Kier alpha value is -3.43. The number of nitrogens with zero attached hydrogens (tertiary/aromatic N) is 5. The van der Waals surface area contributed by atoms with Crippen molar-refractivity contribution in [1.82, 2.24) is 24.9 Å². The van der Waals surface area contributed by atoms with Crippen molar-refractivity contribution in [2.45, 2.75) is 44.1 Å². The first kappa shape index (κ1) is 20.5. The summed E-state index contributed by atoms with van der Waals surface area (Å²) in [5, 5.41) is 8.28. The number of aromatic nitrogens is 4. The molecule has 2 bridgehead atoms. The van der Waals surface area contributed by atoms with E-state index >= 15 is 0 Å². The van der Waals surface area contributed by atoms with Gasteiger partial charge in [0.25, 0.3) is 5.91 Å². The van der Waals surface area contributed by atoms with Crippen LogP contribution in [0.4, 0.5) is 13.2 Å². The highest BCUT2D eigenvalue weighted by molar-refractivity contribution is 5.98. The van der Waals surface area contributed by atoms with E-state index in [0.29, 0.717) is 11.3 Å². The van der Waals surface area contributed by atoms with Gasteiger partial charge >= 0.3 is 6.18 Å². The van der Waals surface area contributed by atoms with Crippen LogP contribution in [0.2, 0.25) is 0 Å². The second-order valence-electron chi connectivity index (χ2n) is 8.13. The van der Waals surface area contributed by atoms with Crippen molar-refractivity contribution in [2.75, 3.05) is 0 Å². The number of para-hydroxylation sites is 1. The van der Waals surface area contributed by atoms with Crippen LogP contribution in [-0.4, -0.2) is 49.0 Å². The summed E-state index contributed by atoms with van der Waals surface area (Å²) in [5.74, 6) is 0.224. The number of hydrogen-bond donors (Lipinski definition) is 0. The SMILES string of the molecule is C[C@@H]1[C@@H]2C[C@H](Oc3ccc(C(F)(F)F)cn3)[C@@H](C2)N1C(=O)c1ccccc1-n1nccn1. The molecular formula is C22H20F3N5O2. The molecule has 1 aliphatic carbocycles. The van der Waals surface area contributed by atoms with Crippen molar-refractivity contribution in [2.24, 2.45) is 5.92 Å². The normalized spacial score (nSPS) is 24.7. The summed E-state index contributed by atoms with van der Waals surface area (Å²) >= 11 is 0. The maximum absolute atomic E-state index is 13.6. The quantitative estimate of drug-likeness (QED) is 0.614. The van der Waals surface area contributed by atoms with Crippen molar-refractivity contribution in [3.05, 3.63) is 66.1 Å². The van der Waals surface area contributed by atoms with Gasteiger partial charge in [-0.15, -0.1) is 0 Å². The van der Waals surface area contributed by atoms with Crippen LogP contribution >= 0.6 is 0 Å². The highest BCUT2D eigenvalue weighted by Crippen LogP contribution is 2.44. The number of carbonyl (C=O) groups excluding carboxylic acids is 1. The van der Waals surface area contributed by atoms with Gasteiger partial charge < -0.3 is 9.64 Å². The maximum Gasteiger partial charge on any atom is 0.417 e. The van der Waals surface area contributed by atoms with Gasteiger partial charge in [-0.25, -0.2) is 4.98 Å². The lowest BCUT2D eigenvalue weighted by Gasteiger charge is -2.38. The summed E-state index contributed by atoms with van der Waals surface area (Å²) < 4.78 is 44.3. The van der Waals surface area contributed by atoms with Gasteiger partial charge in [0.2, 0.25) is 5.88 Å². The number of carbonyl (C=O) groups is 1. The third-order valence-electron chi connectivity index (χ3n) is 6.33. The maximum atomic E-state index is 13.6. The Morgan fingerprint density at radius 3 is 2.50 bits per heavy atom. The Balaban J connectivity index is 1.38. The molecular weight excluding hydrogens is 423 g/mol. The zero-order valence-electron chi connectivity index (χ0n) is 17.1. The molecule has 166 valence electrons. The Morgan fingerprint density at radius 1 is 1.09 bits per heavy atom. The van der Waals surface area contributed by atoms with Crippen LogP contribution in [0.5, 0.6) is 5.88 Å². The molecule has 0 radical (unpaired) electrons. The number of likely N-dealkylation sites (tertiary alicyclic amines) is 1. The third kappa shape index (κ3) is 3.49. The summed E-state index contributed by atoms with van der Waals surface area (Å²) in [6, 6.07) is 9.14. The molecule has 0 N–H and O–H groups in total. The molecule has 1 aliphatic heterocycles. The lowest BCUT2D eigenvalue weighted by atomic mass is 9.98. The first-order valence-electron chi connectivity index (χ1n) is 10.3. The average molecular weight is 443 g/mol. The minimum atomic E-state index is -4.45. The molecule has 2 aromatic heterocycles. The predicted octanol–water partition coefficient (Wildman–Crippen LogP) is 3.75. The van der Waals surface area contributed by atoms with Crippen molar-refractivity contribution >= 4 is 5.91 Å². The van der Waals surface area contributed by atoms with E-state index in [1.165, 1.54) is 10.9 Å². The molecule has 1 saturated carbocycles. The number of amides is 1. The lowest BCUT2D eigenvalue weighted by molar-refractivity contribution is -0.137. The summed E-state index contributed by atoms with van der Waals surface area (Å²) in [4.78, 5) is 20.6. The smallest absolute Gasteiger partial charge is 0.417 e. The van der Waals surface area contributed by atoms with E-state index in [1.807, 2.05) is 17.9 Å². The summed E-state index contributed by atoms with van der Waals surface area (Å²) in [7, 11) is 0. The summed E-state index contributed by atoms with van der Waals surface area (Å²) in [6.07, 6.45) is 0.570. The molecule has 1 amide bonds. The number of pyridine rings is 1. The van der Waals surface area contributed by atoms with E-state index in [-0.39, 0.29) is 35.9 Å². The Kier molecular flexibility index (Phi) is 4.87. The van der Waals surface area contributed by atoms with Gasteiger partial charge in [0, 0.05) is 18.3 Å². The highest BCUT2D eigenvalue weighted by Gasteiger charge is 2.53. The number of piperidine rings is 1. The van der Waals surface area contributed by atoms with Crippen LogP contribution in [-0.2, 0) is 6.18 Å². The average Bonchev–Trinajstić information content (AvgIpc) is 3.50. The second-order valence-corrected chi connectivity index (χ2v) is 8.13. The molecule has 32 heavy (non-hydrogen) atoms. The molecule has 4 atom stereocenters. The van der Waals surface area contributed by atoms with E-state index in [2.05, 4.69) is 15.2 Å². The van der Waals surface area contributed by atoms with E-state index < -0.39 is 11.7 Å². The van der Waals surface area contributed by atoms with Gasteiger partial charge in [-0.1, -0.05) is 12.1 Å². The monoisotopic (exact) mass is 443 g/mol. The van der Waals surface area contributed by atoms with Crippen LogP contribution < -0.4 is 4.74 Å². The fraction of sp³-hybridized carbons (Fsp3) is 0.364. The standard InChI is InChI=1S/C22H20F3N5O2/c1-13-14-10-18(19(11-14)32-20-7-6-15(12-26-20)22(23,24)25)29(13)21(31)16-4-2-3-5-17(16)30-27-8-9-28-30/h2-9,12-14,18-19H,10-11H2,1H3/t13-,14+,18-,19+/m1/s1. The van der Waals surface area contributed by atoms with E-state index in [1.54, 1.807) is 30.6 Å². The second kappa shape index (κ2) is 7.61. The molecule has 7 nitrogen and oxygen atoms in total. The van der Waals surface area contributed by atoms with Crippen LogP contribution in [0.3, 0.4) is 0 Å². The van der Waals surface area contributed by atoms with Gasteiger partial charge in [-0.05, 0) is 43.9 Å². The molecule has 5 rings (SSSR count). The largest absolute Gasteiger partial charge is 0.472 e. The van der Waals surface area contributed by atoms with Crippen molar-refractivity contribution in [3.63, 3.8) is 0 Å². The fourth-order valence-electron chi connectivity index (χ4n) is 4.77. The van der Waals surface area contributed by atoms with Gasteiger partial charge in [0.05, 0.1) is 35.2 Å². The summed E-state index contributed by atoms with van der Waals surface area (Å²) in [5.41, 5.74) is 0.237. The van der Waals surface area contributed by atoms with Crippen LogP contribution in [0.1, 0.15) is 35.7 Å². The molecule has 2 fully saturated rings. The molecule has 3 heterocycles. The zero-order valence-corrected chi connectivity index (χ0v) is 17.1. The number of hydrogen-bond acceptors (Lipinski definition) is 5. The fourth-order valence-corrected chi connectivity index (χ4v) is 4.77. The van der Waals surface area contributed by atoms with Crippen LogP contribution in [0.25, 0.3) is 5.69 Å². The Morgan fingerprint density at radius 2 is 1.84 bits per heavy atom. The van der Waals surface area contributed by atoms with Crippen molar-refractivity contribution in [1.29, 1.82) is 0 Å². The van der Waals surface area contributed by atoms with Crippen molar-refractivity contribution < 1.29 is 22.7 Å². The molecule has 2 aliphatic rings. The van der Waals surface area contributed by atoms with Gasteiger partial charge in [-0.2, -0.15) is 28.2 Å². The van der Waals surface area contributed by atoms with Gasteiger partial charge in [0.15, 0.2) is 0 Å². The van der Waals surface area contributed by atoms with Crippen molar-refractivity contribution in [3.8, 4) is 11.6 Å². The van der Waals surface area contributed by atoms with Crippen LogP contribution in [0.15, 0.2) is 55.0 Å². The number of ether oxygens (including phenoxy) is 1. The zero-order chi connectivity index (χ0) is 22.5. The molecule has 0 spiro atoms. The Labute approximate surface area is 181 Å². The topological polar surface area (TPSA) is 73.1 Å². The highest BCUT2D eigenvalue weighted by atomic mass is 19.4. The first-order chi connectivity index (χ1) is 15.3. The number of halogens is 3.